The topological polar surface area (TPSA) is 59.3 Å². The van der Waals surface area contributed by atoms with Crippen LogP contribution >= 0.6 is 11.3 Å². The third kappa shape index (κ3) is 3.66. The van der Waals surface area contributed by atoms with Crippen LogP contribution in [0.5, 0.6) is 0 Å². The third-order valence-corrected chi connectivity index (χ3v) is 5.27. The molecule has 0 amide bonds. The van der Waals surface area contributed by atoms with Crippen molar-refractivity contribution < 1.29 is 21.6 Å². The van der Waals surface area contributed by atoms with Crippen LogP contribution in [0.1, 0.15) is 5.76 Å². The van der Waals surface area contributed by atoms with Crippen molar-refractivity contribution in [3.05, 3.63) is 65.2 Å². The normalized spacial score (nSPS) is 11.7. The molecule has 0 radical (unpaired) electrons. The molecule has 4 nitrogen and oxygen atoms in total. The molecule has 23 heavy (non-hydrogen) atoms. The smallest absolute Gasteiger partial charge is 0.241 e. The zero-order valence-corrected chi connectivity index (χ0v) is 13.3. The van der Waals surface area contributed by atoms with E-state index in [0.29, 0.717) is 17.6 Å². The molecule has 1 aromatic carbocycles. The molecule has 1 N–H and O–H groups in total. The Balaban J connectivity index is 1.74. The molecule has 0 unspecified atom stereocenters. The molecule has 120 valence electrons. The van der Waals surface area contributed by atoms with Crippen molar-refractivity contribution in [1.82, 2.24) is 4.72 Å². The average molecular weight is 355 g/mol. The molecule has 0 saturated carbocycles. The SMILES string of the molecule is O=S(=O)(NCc1ccc(-c2cccs2)o1)c1cc(F)cc(F)c1. The van der Waals surface area contributed by atoms with Gasteiger partial charge in [-0.15, -0.1) is 11.3 Å². The molecule has 0 aliphatic rings. The number of hydrogen-bond donors (Lipinski definition) is 1. The molecule has 0 atom stereocenters. The van der Waals surface area contributed by atoms with Crippen LogP contribution in [0.25, 0.3) is 10.6 Å². The second-order valence-corrected chi connectivity index (χ2v) is 7.39. The van der Waals surface area contributed by atoms with Crippen molar-refractivity contribution in [2.24, 2.45) is 0 Å². The van der Waals surface area contributed by atoms with E-state index in [0.717, 1.165) is 17.0 Å². The lowest BCUT2D eigenvalue weighted by atomic mass is 10.3. The molecule has 2 heterocycles. The molecule has 0 aliphatic heterocycles. The van der Waals surface area contributed by atoms with E-state index in [1.165, 1.54) is 11.3 Å². The van der Waals surface area contributed by atoms with Gasteiger partial charge in [0.1, 0.15) is 23.2 Å². The Morgan fingerprint density at radius 1 is 1.09 bits per heavy atom. The van der Waals surface area contributed by atoms with Crippen LogP contribution in [0.2, 0.25) is 0 Å². The Hall–Kier alpha value is -2.03. The number of benzene rings is 1. The van der Waals surface area contributed by atoms with Crippen LogP contribution in [0.4, 0.5) is 8.78 Å². The molecular formula is C15H11F2NO3S2. The van der Waals surface area contributed by atoms with E-state index in [9.17, 15) is 17.2 Å². The van der Waals surface area contributed by atoms with E-state index in [1.807, 2.05) is 17.5 Å². The highest BCUT2D eigenvalue weighted by Crippen LogP contribution is 2.26. The molecule has 3 rings (SSSR count). The number of rotatable bonds is 5. The van der Waals surface area contributed by atoms with Crippen LogP contribution < -0.4 is 4.72 Å². The van der Waals surface area contributed by atoms with Gasteiger partial charge in [0.2, 0.25) is 10.0 Å². The van der Waals surface area contributed by atoms with Gasteiger partial charge in [-0.3, -0.25) is 0 Å². The summed E-state index contributed by atoms with van der Waals surface area (Å²) in [7, 11) is -4.04. The van der Waals surface area contributed by atoms with E-state index in [2.05, 4.69) is 4.72 Å². The van der Waals surface area contributed by atoms with Gasteiger partial charge in [0, 0.05) is 6.07 Å². The second kappa shape index (κ2) is 6.23. The molecule has 0 aliphatic carbocycles. The Bertz CT molecular complexity index is 898. The Labute approximate surface area is 135 Å². The first-order valence-electron chi connectivity index (χ1n) is 6.52. The summed E-state index contributed by atoms with van der Waals surface area (Å²) in [4.78, 5) is 0.450. The summed E-state index contributed by atoms with van der Waals surface area (Å²) in [6.45, 7) is -0.119. The lowest BCUT2D eigenvalue weighted by Crippen LogP contribution is -2.23. The average Bonchev–Trinajstić information content (AvgIpc) is 3.15. The van der Waals surface area contributed by atoms with Gasteiger partial charge in [0.05, 0.1) is 16.3 Å². The summed E-state index contributed by atoms with van der Waals surface area (Å²) in [5, 5.41) is 1.90. The van der Waals surface area contributed by atoms with Crippen LogP contribution in [0.3, 0.4) is 0 Å². The largest absolute Gasteiger partial charge is 0.459 e. The van der Waals surface area contributed by atoms with Crippen molar-refractivity contribution in [3.8, 4) is 10.6 Å². The van der Waals surface area contributed by atoms with Crippen molar-refractivity contribution in [2.75, 3.05) is 0 Å². The Morgan fingerprint density at radius 3 is 2.48 bits per heavy atom. The molecule has 3 aromatic rings. The standard InChI is InChI=1S/C15H11F2NO3S2/c16-10-6-11(17)8-13(7-10)23(19,20)18-9-12-3-4-14(21-12)15-2-1-5-22-15/h1-8,18H,9H2. The molecule has 0 fully saturated rings. The second-order valence-electron chi connectivity index (χ2n) is 4.67. The summed E-state index contributed by atoms with van der Waals surface area (Å²) in [5.74, 6) is -0.883. The maximum atomic E-state index is 13.1. The Kier molecular flexibility index (Phi) is 4.29. The van der Waals surface area contributed by atoms with E-state index in [4.69, 9.17) is 4.42 Å². The summed E-state index contributed by atoms with van der Waals surface area (Å²) >= 11 is 1.50. The number of furan rings is 1. The van der Waals surface area contributed by atoms with Crippen LogP contribution in [-0.2, 0) is 16.6 Å². The maximum Gasteiger partial charge on any atom is 0.241 e. The zero-order chi connectivity index (χ0) is 16.4. The fourth-order valence-electron chi connectivity index (χ4n) is 1.96. The predicted octanol–water partition coefficient (Wildman–Crippen LogP) is 3.76. The van der Waals surface area contributed by atoms with Crippen molar-refractivity contribution >= 4 is 21.4 Å². The highest BCUT2D eigenvalue weighted by molar-refractivity contribution is 7.89. The molecule has 8 heteroatoms. The predicted molar refractivity (Wildman–Crippen MR) is 82.4 cm³/mol. The first kappa shape index (κ1) is 15.9. The highest BCUT2D eigenvalue weighted by Gasteiger charge is 2.17. The van der Waals surface area contributed by atoms with Crippen LogP contribution in [0.15, 0.2) is 57.2 Å². The minimum atomic E-state index is -4.04. The summed E-state index contributed by atoms with van der Waals surface area (Å²) in [6, 6.07) is 9.26. The van der Waals surface area contributed by atoms with Crippen molar-refractivity contribution in [3.63, 3.8) is 0 Å². The Morgan fingerprint density at radius 2 is 1.83 bits per heavy atom. The van der Waals surface area contributed by atoms with Gasteiger partial charge in [0.15, 0.2) is 0 Å². The maximum absolute atomic E-state index is 13.1. The van der Waals surface area contributed by atoms with Gasteiger partial charge in [-0.05, 0) is 35.7 Å². The summed E-state index contributed by atoms with van der Waals surface area (Å²) < 4.78 is 58.2. The number of halogens is 2. The van der Waals surface area contributed by atoms with E-state index in [1.54, 1.807) is 12.1 Å². The lowest BCUT2D eigenvalue weighted by molar-refractivity contribution is 0.509. The summed E-state index contributed by atoms with van der Waals surface area (Å²) in [6.07, 6.45) is 0. The number of hydrogen-bond acceptors (Lipinski definition) is 4. The first-order chi connectivity index (χ1) is 10.9. The van der Waals surface area contributed by atoms with Gasteiger partial charge >= 0.3 is 0 Å². The van der Waals surface area contributed by atoms with E-state index < -0.39 is 26.6 Å². The van der Waals surface area contributed by atoms with Gasteiger partial charge < -0.3 is 4.42 Å². The lowest BCUT2D eigenvalue weighted by Gasteiger charge is -2.05. The number of thiophene rings is 1. The molecule has 0 spiro atoms. The highest BCUT2D eigenvalue weighted by atomic mass is 32.2. The minimum Gasteiger partial charge on any atom is -0.459 e. The van der Waals surface area contributed by atoms with Gasteiger partial charge in [0.25, 0.3) is 0 Å². The monoisotopic (exact) mass is 355 g/mol. The number of nitrogens with one attached hydrogen (secondary N) is 1. The molecule has 2 aromatic heterocycles. The fourth-order valence-corrected chi connectivity index (χ4v) is 3.68. The zero-order valence-electron chi connectivity index (χ0n) is 11.6. The summed E-state index contributed by atoms with van der Waals surface area (Å²) in [5.41, 5.74) is 0. The van der Waals surface area contributed by atoms with Crippen molar-refractivity contribution in [1.29, 1.82) is 0 Å². The molecule has 0 bridgehead atoms. The number of sulfonamides is 1. The first-order valence-corrected chi connectivity index (χ1v) is 8.89. The quantitative estimate of drug-likeness (QED) is 0.758. The fraction of sp³-hybridized carbons (Fsp3) is 0.0667. The molecular weight excluding hydrogens is 344 g/mol. The van der Waals surface area contributed by atoms with Gasteiger partial charge in [-0.25, -0.2) is 21.9 Å². The minimum absolute atomic E-state index is 0.119. The van der Waals surface area contributed by atoms with Crippen LogP contribution in [-0.4, -0.2) is 8.42 Å². The van der Waals surface area contributed by atoms with Crippen molar-refractivity contribution in [2.45, 2.75) is 11.4 Å². The molecule has 0 saturated heterocycles. The van der Waals surface area contributed by atoms with Gasteiger partial charge in [-0.1, -0.05) is 6.07 Å². The van der Waals surface area contributed by atoms with Gasteiger partial charge in [-0.2, -0.15) is 0 Å². The third-order valence-electron chi connectivity index (χ3n) is 3.01. The van der Waals surface area contributed by atoms with E-state index >= 15 is 0 Å². The van der Waals surface area contributed by atoms with E-state index in [-0.39, 0.29) is 6.54 Å². The van der Waals surface area contributed by atoms with Crippen LogP contribution in [0, 0.1) is 11.6 Å².